The Labute approximate surface area is 163 Å². The van der Waals surface area contributed by atoms with Crippen molar-refractivity contribution >= 4 is 11.6 Å². The molecule has 1 amide bonds. The van der Waals surface area contributed by atoms with E-state index in [-0.39, 0.29) is 18.0 Å². The molecule has 1 N–H and O–H groups in total. The van der Waals surface area contributed by atoms with Crippen molar-refractivity contribution < 1.29 is 18.3 Å². The quantitative estimate of drug-likeness (QED) is 0.659. The van der Waals surface area contributed by atoms with Gasteiger partial charge in [0.25, 0.3) is 5.56 Å². The molecular formula is C20H17F2N3O4. The maximum Gasteiger partial charge on any atom is 0.387 e. The third kappa shape index (κ3) is 5.38. The standard InChI is InChI=1S/C20H17F2N3O4/c21-19(22)29-16-8-4-7-15(11-16)23-17(26)13-25-18(27)9-10-24(20(25)28)12-14-5-2-1-3-6-14/h1-11,19H,12-13H2,(H,23,26). The van der Waals surface area contributed by atoms with Crippen LogP contribution in [0.25, 0.3) is 0 Å². The first kappa shape index (κ1) is 20.0. The predicted octanol–water partition coefficient (Wildman–Crippen LogP) is 2.30. The fraction of sp³-hybridized carbons (Fsp3) is 0.150. The largest absolute Gasteiger partial charge is 0.435 e. The molecule has 0 unspecified atom stereocenters. The Balaban J connectivity index is 1.76. The molecule has 9 heteroatoms. The second-order valence-corrected chi connectivity index (χ2v) is 6.09. The van der Waals surface area contributed by atoms with Crippen LogP contribution in [0.4, 0.5) is 14.5 Å². The number of anilines is 1. The highest BCUT2D eigenvalue weighted by Gasteiger charge is 2.12. The monoisotopic (exact) mass is 401 g/mol. The fourth-order valence-corrected chi connectivity index (χ4v) is 2.70. The summed E-state index contributed by atoms with van der Waals surface area (Å²) in [6, 6.07) is 15.8. The van der Waals surface area contributed by atoms with E-state index in [2.05, 4.69) is 10.1 Å². The van der Waals surface area contributed by atoms with E-state index in [9.17, 15) is 23.2 Å². The van der Waals surface area contributed by atoms with Crippen LogP contribution in [0.3, 0.4) is 0 Å². The number of aromatic nitrogens is 2. The summed E-state index contributed by atoms with van der Waals surface area (Å²) < 4.78 is 31.0. The lowest BCUT2D eigenvalue weighted by Crippen LogP contribution is -2.41. The molecule has 0 atom stereocenters. The fourth-order valence-electron chi connectivity index (χ4n) is 2.70. The molecule has 0 aliphatic heterocycles. The van der Waals surface area contributed by atoms with Gasteiger partial charge in [0.1, 0.15) is 12.3 Å². The molecule has 0 spiro atoms. The summed E-state index contributed by atoms with van der Waals surface area (Å²) in [5.74, 6) is -0.782. The molecule has 0 radical (unpaired) electrons. The Morgan fingerprint density at radius 2 is 1.79 bits per heavy atom. The molecule has 150 valence electrons. The Morgan fingerprint density at radius 1 is 1.03 bits per heavy atom. The zero-order valence-corrected chi connectivity index (χ0v) is 15.1. The number of rotatable bonds is 7. The van der Waals surface area contributed by atoms with Crippen molar-refractivity contribution in [3.63, 3.8) is 0 Å². The Hall–Kier alpha value is -3.75. The highest BCUT2D eigenvalue weighted by Crippen LogP contribution is 2.19. The molecule has 3 rings (SSSR count). The van der Waals surface area contributed by atoms with Gasteiger partial charge in [0.05, 0.1) is 6.54 Å². The van der Waals surface area contributed by atoms with Crippen LogP contribution in [0.1, 0.15) is 5.56 Å². The van der Waals surface area contributed by atoms with Crippen molar-refractivity contribution in [2.45, 2.75) is 19.7 Å². The van der Waals surface area contributed by atoms with Crippen LogP contribution in [0.15, 0.2) is 76.4 Å². The number of halogens is 2. The first-order valence-electron chi connectivity index (χ1n) is 8.61. The van der Waals surface area contributed by atoms with Crippen LogP contribution in [0, 0.1) is 0 Å². The van der Waals surface area contributed by atoms with Gasteiger partial charge in [0, 0.05) is 24.0 Å². The van der Waals surface area contributed by atoms with Crippen molar-refractivity contribution in [2.75, 3.05) is 5.32 Å². The first-order chi connectivity index (χ1) is 13.9. The highest BCUT2D eigenvalue weighted by molar-refractivity contribution is 5.90. The number of alkyl halides is 2. The predicted molar refractivity (Wildman–Crippen MR) is 102 cm³/mol. The van der Waals surface area contributed by atoms with Crippen molar-refractivity contribution in [1.82, 2.24) is 9.13 Å². The van der Waals surface area contributed by atoms with E-state index in [0.717, 1.165) is 10.1 Å². The average molecular weight is 401 g/mol. The molecule has 0 bridgehead atoms. The molecule has 0 aliphatic carbocycles. The lowest BCUT2D eigenvalue weighted by atomic mass is 10.2. The van der Waals surface area contributed by atoms with E-state index in [4.69, 9.17) is 0 Å². The number of carbonyl (C=O) groups excluding carboxylic acids is 1. The molecule has 0 fully saturated rings. The Morgan fingerprint density at radius 3 is 2.52 bits per heavy atom. The maximum atomic E-state index is 12.6. The van der Waals surface area contributed by atoms with Crippen molar-refractivity contribution in [2.24, 2.45) is 0 Å². The van der Waals surface area contributed by atoms with Gasteiger partial charge in [-0.05, 0) is 17.7 Å². The minimum absolute atomic E-state index is 0.125. The van der Waals surface area contributed by atoms with E-state index in [0.29, 0.717) is 0 Å². The summed E-state index contributed by atoms with van der Waals surface area (Å²) in [7, 11) is 0. The van der Waals surface area contributed by atoms with Crippen LogP contribution in [-0.4, -0.2) is 21.7 Å². The SMILES string of the molecule is O=C(Cn1c(=O)ccn(Cc2ccccc2)c1=O)Nc1cccc(OC(F)F)c1. The molecule has 3 aromatic rings. The number of hydrogen-bond donors (Lipinski definition) is 1. The molecule has 7 nitrogen and oxygen atoms in total. The molecular weight excluding hydrogens is 384 g/mol. The normalized spacial score (nSPS) is 10.7. The van der Waals surface area contributed by atoms with Crippen LogP contribution >= 0.6 is 0 Å². The summed E-state index contributed by atoms with van der Waals surface area (Å²) in [5.41, 5.74) is -0.197. The van der Waals surface area contributed by atoms with E-state index < -0.39 is 30.3 Å². The van der Waals surface area contributed by atoms with Gasteiger partial charge in [0.15, 0.2) is 0 Å². The van der Waals surface area contributed by atoms with Gasteiger partial charge in [-0.15, -0.1) is 0 Å². The highest BCUT2D eigenvalue weighted by atomic mass is 19.3. The number of carbonyl (C=O) groups is 1. The van der Waals surface area contributed by atoms with Crippen LogP contribution in [0.5, 0.6) is 5.75 Å². The lowest BCUT2D eigenvalue weighted by molar-refractivity contribution is -0.116. The lowest BCUT2D eigenvalue weighted by Gasteiger charge is -2.11. The second-order valence-electron chi connectivity index (χ2n) is 6.09. The number of benzene rings is 2. The average Bonchev–Trinajstić information content (AvgIpc) is 2.68. The number of hydrogen-bond acceptors (Lipinski definition) is 4. The third-order valence-electron chi connectivity index (χ3n) is 3.98. The summed E-state index contributed by atoms with van der Waals surface area (Å²) in [4.78, 5) is 37.0. The van der Waals surface area contributed by atoms with Gasteiger partial charge in [0.2, 0.25) is 5.91 Å². The Kier molecular flexibility index (Phi) is 6.18. The summed E-state index contributed by atoms with van der Waals surface area (Å²) >= 11 is 0. The van der Waals surface area contributed by atoms with Gasteiger partial charge < -0.3 is 10.1 Å². The number of nitrogens with zero attached hydrogens (tertiary/aromatic N) is 2. The second kappa shape index (κ2) is 8.96. The van der Waals surface area contributed by atoms with Gasteiger partial charge >= 0.3 is 12.3 Å². The molecule has 29 heavy (non-hydrogen) atoms. The van der Waals surface area contributed by atoms with E-state index in [1.165, 1.54) is 41.1 Å². The molecule has 0 aliphatic rings. The summed E-state index contributed by atoms with van der Waals surface area (Å²) in [5, 5.41) is 2.46. The van der Waals surface area contributed by atoms with Gasteiger partial charge in [-0.1, -0.05) is 36.4 Å². The van der Waals surface area contributed by atoms with Crippen molar-refractivity contribution in [3.8, 4) is 5.75 Å². The molecule has 1 heterocycles. The van der Waals surface area contributed by atoms with Crippen molar-refractivity contribution in [3.05, 3.63) is 93.3 Å². The number of ether oxygens (including phenoxy) is 1. The first-order valence-corrected chi connectivity index (χ1v) is 8.61. The van der Waals surface area contributed by atoms with Gasteiger partial charge in [-0.2, -0.15) is 8.78 Å². The topological polar surface area (TPSA) is 82.3 Å². The maximum absolute atomic E-state index is 12.6. The van der Waals surface area contributed by atoms with Crippen LogP contribution in [-0.2, 0) is 17.9 Å². The zero-order valence-electron chi connectivity index (χ0n) is 15.1. The summed E-state index contributed by atoms with van der Waals surface area (Å²) in [6.07, 6.45) is 1.37. The minimum atomic E-state index is -2.99. The molecule has 1 aromatic heterocycles. The van der Waals surface area contributed by atoms with Gasteiger partial charge in [-0.25, -0.2) is 4.79 Å². The minimum Gasteiger partial charge on any atom is -0.435 e. The summed E-state index contributed by atoms with van der Waals surface area (Å²) in [6.45, 7) is -3.27. The number of nitrogens with one attached hydrogen (secondary N) is 1. The van der Waals surface area contributed by atoms with Crippen molar-refractivity contribution in [1.29, 1.82) is 0 Å². The molecule has 2 aromatic carbocycles. The van der Waals surface area contributed by atoms with Crippen LogP contribution in [0.2, 0.25) is 0 Å². The zero-order chi connectivity index (χ0) is 20.8. The van der Waals surface area contributed by atoms with E-state index >= 15 is 0 Å². The van der Waals surface area contributed by atoms with E-state index in [1.807, 2.05) is 30.3 Å². The van der Waals surface area contributed by atoms with Gasteiger partial charge in [-0.3, -0.25) is 18.7 Å². The smallest absolute Gasteiger partial charge is 0.387 e. The third-order valence-corrected chi connectivity index (χ3v) is 3.98. The number of amides is 1. The molecule has 0 saturated heterocycles. The van der Waals surface area contributed by atoms with Crippen LogP contribution < -0.4 is 21.3 Å². The molecule has 0 saturated carbocycles. The Bertz CT molecular complexity index is 1110. The van der Waals surface area contributed by atoms with E-state index in [1.54, 1.807) is 0 Å².